The molecule has 0 fully saturated rings. The molecular weight excluding hydrogens is 275 g/mol. The Morgan fingerprint density at radius 3 is 2.62 bits per heavy atom. The fourth-order valence-electron chi connectivity index (χ4n) is 1.83. The molecule has 0 aliphatic carbocycles. The number of hydrogen-bond donors (Lipinski definition) is 1. The Hall–Kier alpha value is -3.09. The number of nitrogens with one attached hydrogen (secondary N) is 1. The van der Waals surface area contributed by atoms with E-state index in [1.54, 1.807) is 24.5 Å². The largest absolute Gasteiger partial charge is 0.416 e. The molecule has 1 aromatic carbocycles. The molecule has 104 valence electrons. The maximum atomic E-state index is 13.4. The fraction of sp³-hybridized carbons (Fsp3) is 0. The quantitative estimate of drug-likeness (QED) is 0.744. The van der Waals surface area contributed by atoms with Gasteiger partial charge in [0.1, 0.15) is 5.82 Å². The SMILES string of the molecule is O=CNc1ccc(F)cc1-c1nnc(-c2ccncc2)o1. The smallest absolute Gasteiger partial charge is 0.250 e. The number of halogens is 1. The third kappa shape index (κ3) is 2.62. The second kappa shape index (κ2) is 5.49. The number of nitrogens with zero attached hydrogens (tertiary/aromatic N) is 3. The predicted molar refractivity (Wildman–Crippen MR) is 72.6 cm³/mol. The minimum atomic E-state index is -0.467. The molecule has 1 amide bonds. The van der Waals surface area contributed by atoms with Crippen LogP contribution in [0.15, 0.2) is 47.1 Å². The van der Waals surface area contributed by atoms with Gasteiger partial charge in [0.2, 0.25) is 18.2 Å². The second-order valence-electron chi connectivity index (χ2n) is 4.10. The summed E-state index contributed by atoms with van der Waals surface area (Å²) >= 11 is 0. The number of carbonyl (C=O) groups excluding carboxylic acids is 1. The summed E-state index contributed by atoms with van der Waals surface area (Å²) in [5, 5.41) is 10.3. The monoisotopic (exact) mass is 284 g/mol. The number of anilines is 1. The number of benzene rings is 1. The van der Waals surface area contributed by atoms with Gasteiger partial charge in [-0.3, -0.25) is 9.78 Å². The number of aromatic nitrogens is 3. The second-order valence-corrected chi connectivity index (χ2v) is 4.10. The third-order valence-corrected chi connectivity index (χ3v) is 2.78. The molecule has 0 saturated carbocycles. The number of rotatable bonds is 4. The summed E-state index contributed by atoms with van der Waals surface area (Å²) in [6, 6.07) is 7.31. The van der Waals surface area contributed by atoms with Gasteiger partial charge in [0.25, 0.3) is 0 Å². The van der Waals surface area contributed by atoms with E-state index < -0.39 is 5.82 Å². The molecule has 3 rings (SSSR count). The van der Waals surface area contributed by atoms with Crippen molar-refractivity contribution in [2.24, 2.45) is 0 Å². The van der Waals surface area contributed by atoms with Crippen LogP contribution in [0.3, 0.4) is 0 Å². The zero-order valence-corrected chi connectivity index (χ0v) is 10.7. The molecule has 2 aromatic heterocycles. The van der Waals surface area contributed by atoms with Crippen LogP contribution in [-0.2, 0) is 4.79 Å². The van der Waals surface area contributed by atoms with E-state index >= 15 is 0 Å². The van der Waals surface area contributed by atoms with E-state index in [2.05, 4.69) is 20.5 Å². The molecule has 3 aromatic rings. The van der Waals surface area contributed by atoms with E-state index in [1.807, 2.05) is 0 Å². The van der Waals surface area contributed by atoms with Gasteiger partial charge in [-0.05, 0) is 30.3 Å². The molecule has 1 N–H and O–H groups in total. The summed E-state index contributed by atoms with van der Waals surface area (Å²) in [6.07, 6.45) is 3.69. The third-order valence-electron chi connectivity index (χ3n) is 2.78. The van der Waals surface area contributed by atoms with Crippen molar-refractivity contribution in [3.05, 3.63) is 48.5 Å². The Morgan fingerprint density at radius 1 is 1.10 bits per heavy atom. The van der Waals surface area contributed by atoms with Crippen LogP contribution in [0.2, 0.25) is 0 Å². The Bertz CT molecular complexity index is 774. The molecule has 0 unspecified atom stereocenters. The summed E-state index contributed by atoms with van der Waals surface area (Å²) in [5.74, 6) is -0.0653. The van der Waals surface area contributed by atoms with E-state index in [4.69, 9.17) is 4.42 Å². The molecule has 7 heteroatoms. The maximum Gasteiger partial charge on any atom is 0.250 e. The molecule has 0 aliphatic heterocycles. The zero-order valence-electron chi connectivity index (χ0n) is 10.7. The van der Waals surface area contributed by atoms with Crippen LogP contribution in [0.4, 0.5) is 10.1 Å². The molecule has 0 radical (unpaired) electrons. The van der Waals surface area contributed by atoms with Crippen molar-refractivity contribution < 1.29 is 13.6 Å². The van der Waals surface area contributed by atoms with E-state index in [1.165, 1.54) is 18.2 Å². The summed E-state index contributed by atoms with van der Waals surface area (Å²) in [7, 11) is 0. The average Bonchev–Trinajstić information content (AvgIpc) is 3.00. The summed E-state index contributed by atoms with van der Waals surface area (Å²) in [5.41, 5.74) is 1.40. The van der Waals surface area contributed by atoms with Crippen molar-refractivity contribution in [3.63, 3.8) is 0 Å². The minimum Gasteiger partial charge on any atom is -0.416 e. The van der Waals surface area contributed by atoms with Crippen LogP contribution in [0.5, 0.6) is 0 Å². The lowest BCUT2D eigenvalue weighted by Crippen LogP contribution is -1.97. The van der Waals surface area contributed by atoms with E-state index in [0.29, 0.717) is 23.2 Å². The lowest BCUT2D eigenvalue weighted by molar-refractivity contribution is -0.105. The van der Waals surface area contributed by atoms with Gasteiger partial charge in [-0.1, -0.05) is 0 Å². The van der Waals surface area contributed by atoms with Gasteiger partial charge < -0.3 is 9.73 Å². The first-order chi connectivity index (χ1) is 10.3. The van der Waals surface area contributed by atoms with Crippen molar-refractivity contribution in [1.82, 2.24) is 15.2 Å². The highest BCUT2D eigenvalue weighted by Crippen LogP contribution is 2.29. The molecule has 0 saturated heterocycles. The van der Waals surface area contributed by atoms with Gasteiger partial charge in [0, 0.05) is 18.0 Å². The lowest BCUT2D eigenvalue weighted by atomic mass is 10.1. The molecule has 0 bridgehead atoms. The predicted octanol–water partition coefficient (Wildman–Crippen LogP) is 2.51. The minimum absolute atomic E-state index is 0.116. The van der Waals surface area contributed by atoms with Crippen molar-refractivity contribution >= 4 is 12.1 Å². The van der Waals surface area contributed by atoms with Crippen LogP contribution in [0.1, 0.15) is 0 Å². The van der Waals surface area contributed by atoms with Crippen molar-refractivity contribution in [3.8, 4) is 22.9 Å². The standard InChI is InChI=1S/C14H9FN4O2/c15-10-1-2-12(17-8-20)11(7-10)14-19-18-13(21-14)9-3-5-16-6-4-9/h1-8H,(H,17,20). The van der Waals surface area contributed by atoms with Crippen molar-refractivity contribution in [2.75, 3.05) is 5.32 Å². The van der Waals surface area contributed by atoms with Gasteiger partial charge in [0.15, 0.2) is 0 Å². The number of hydrogen-bond acceptors (Lipinski definition) is 5. The van der Waals surface area contributed by atoms with Crippen LogP contribution >= 0.6 is 0 Å². The topological polar surface area (TPSA) is 80.9 Å². The highest BCUT2D eigenvalue weighted by molar-refractivity contribution is 5.82. The zero-order chi connectivity index (χ0) is 14.7. The molecule has 0 atom stereocenters. The molecule has 2 heterocycles. The van der Waals surface area contributed by atoms with Gasteiger partial charge in [0.05, 0.1) is 11.3 Å². The van der Waals surface area contributed by atoms with Crippen LogP contribution < -0.4 is 5.32 Å². The normalized spacial score (nSPS) is 10.3. The summed E-state index contributed by atoms with van der Waals surface area (Å²) in [6.45, 7) is 0. The first kappa shape index (κ1) is 12.9. The fourth-order valence-corrected chi connectivity index (χ4v) is 1.83. The maximum absolute atomic E-state index is 13.4. The first-order valence-corrected chi connectivity index (χ1v) is 6.02. The highest BCUT2D eigenvalue weighted by Gasteiger charge is 2.14. The molecule has 6 nitrogen and oxygen atoms in total. The van der Waals surface area contributed by atoms with Gasteiger partial charge in [-0.15, -0.1) is 10.2 Å². The van der Waals surface area contributed by atoms with Crippen LogP contribution in [-0.4, -0.2) is 21.6 Å². The van der Waals surface area contributed by atoms with E-state index in [-0.39, 0.29) is 11.8 Å². The molecule has 21 heavy (non-hydrogen) atoms. The van der Waals surface area contributed by atoms with Gasteiger partial charge in [-0.25, -0.2) is 4.39 Å². The van der Waals surface area contributed by atoms with Crippen molar-refractivity contribution in [1.29, 1.82) is 0 Å². The van der Waals surface area contributed by atoms with Gasteiger partial charge in [-0.2, -0.15) is 0 Å². The highest BCUT2D eigenvalue weighted by atomic mass is 19.1. The number of carbonyl (C=O) groups is 1. The van der Waals surface area contributed by atoms with E-state index in [9.17, 15) is 9.18 Å². The summed E-state index contributed by atoms with van der Waals surface area (Å²) in [4.78, 5) is 14.5. The number of amides is 1. The molecular formula is C14H9FN4O2. The Morgan fingerprint density at radius 2 is 1.86 bits per heavy atom. The van der Waals surface area contributed by atoms with Crippen LogP contribution in [0.25, 0.3) is 22.9 Å². The number of pyridine rings is 1. The molecule has 0 aliphatic rings. The van der Waals surface area contributed by atoms with E-state index in [0.717, 1.165) is 0 Å². The molecule has 0 spiro atoms. The lowest BCUT2D eigenvalue weighted by Gasteiger charge is -2.04. The van der Waals surface area contributed by atoms with Gasteiger partial charge >= 0.3 is 0 Å². The van der Waals surface area contributed by atoms with Crippen molar-refractivity contribution in [2.45, 2.75) is 0 Å². The Kier molecular flexibility index (Phi) is 3.38. The first-order valence-electron chi connectivity index (χ1n) is 6.02. The Balaban J connectivity index is 2.04. The summed E-state index contributed by atoms with van der Waals surface area (Å²) < 4.78 is 18.9. The average molecular weight is 284 g/mol. The van der Waals surface area contributed by atoms with Crippen LogP contribution in [0, 0.1) is 5.82 Å². The Labute approximate surface area is 118 Å².